The van der Waals surface area contributed by atoms with Crippen molar-refractivity contribution in [2.45, 2.75) is 25.0 Å². The van der Waals surface area contributed by atoms with Gasteiger partial charge >= 0.3 is 5.97 Å². The number of carbonyl (C=O) groups excluding carboxylic acids is 1. The van der Waals surface area contributed by atoms with E-state index in [0.29, 0.717) is 24.1 Å². The minimum absolute atomic E-state index is 0.319. The molecule has 0 saturated carbocycles. The van der Waals surface area contributed by atoms with Crippen molar-refractivity contribution in [2.24, 2.45) is 0 Å². The minimum Gasteiger partial charge on any atom is -0.479 e. The Morgan fingerprint density at radius 3 is 2.60 bits per heavy atom. The lowest BCUT2D eigenvalue weighted by Crippen LogP contribution is -2.37. The van der Waals surface area contributed by atoms with E-state index < -0.39 is 18.2 Å². The molecule has 1 saturated heterocycles. The zero-order chi connectivity index (χ0) is 14.7. The molecule has 0 aromatic heterocycles. The summed E-state index contributed by atoms with van der Waals surface area (Å²) in [5, 5.41) is 17.9. The maximum atomic E-state index is 12.3. The molecular weight excluding hydrogens is 260 g/mol. The van der Waals surface area contributed by atoms with Gasteiger partial charge in [-0.05, 0) is 25.0 Å². The number of nitrogens with zero attached hydrogens (tertiary/aromatic N) is 2. The second-order valence-electron chi connectivity index (χ2n) is 4.56. The normalized spacial score (nSPS) is 21.2. The predicted molar refractivity (Wildman–Crippen MR) is 70.1 cm³/mol. The lowest BCUT2D eigenvalue weighted by atomic mass is 10.1. The average molecular weight is 274 g/mol. The zero-order valence-electron chi connectivity index (χ0n) is 10.9. The van der Waals surface area contributed by atoms with Crippen LogP contribution in [0.15, 0.2) is 24.3 Å². The lowest BCUT2D eigenvalue weighted by molar-refractivity contribution is -0.151. The molecular formula is C14H14N2O4. The fourth-order valence-corrected chi connectivity index (χ4v) is 2.20. The topological polar surface area (TPSA) is 90.6 Å². The second-order valence-corrected chi connectivity index (χ2v) is 4.56. The van der Waals surface area contributed by atoms with Crippen molar-refractivity contribution < 1.29 is 19.4 Å². The summed E-state index contributed by atoms with van der Waals surface area (Å²) in [6, 6.07) is 8.75. The molecule has 0 spiro atoms. The molecule has 6 nitrogen and oxygen atoms in total. The van der Waals surface area contributed by atoms with Crippen LogP contribution in [-0.2, 0) is 14.3 Å². The van der Waals surface area contributed by atoms with Crippen LogP contribution in [0.1, 0.15) is 18.4 Å². The summed E-state index contributed by atoms with van der Waals surface area (Å²) < 4.78 is 5.23. The van der Waals surface area contributed by atoms with Gasteiger partial charge in [0.1, 0.15) is 12.2 Å². The molecule has 1 aliphatic rings. The Labute approximate surface area is 116 Å². The third-order valence-corrected chi connectivity index (χ3v) is 3.29. The Bertz CT molecular complexity index is 579. The van der Waals surface area contributed by atoms with Crippen LogP contribution in [-0.4, -0.2) is 36.2 Å². The summed E-state index contributed by atoms with van der Waals surface area (Å²) in [4.78, 5) is 24.4. The first-order valence-electron chi connectivity index (χ1n) is 6.19. The van der Waals surface area contributed by atoms with Gasteiger partial charge in [0, 0.05) is 7.05 Å². The van der Waals surface area contributed by atoms with Crippen molar-refractivity contribution in [1.82, 2.24) is 0 Å². The average Bonchev–Trinajstić information content (AvgIpc) is 2.95. The molecule has 0 unspecified atom stereocenters. The van der Waals surface area contributed by atoms with E-state index in [1.54, 1.807) is 31.3 Å². The molecule has 1 aliphatic heterocycles. The molecule has 1 aromatic carbocycles. The number of anilines is 1. The summed E-state index contributed by atoms with van der Waals surface area (Å²) in [5.41, 5.74) is 0.874. The molecule has 2 atom stereocenters. The number of rotatable bonds is 3. The molecule has 1 aromatic rings. The smallest absolute Gasteiger partial charge is 0.332 e. The van der Waals surface area contributed by atoms with Gasteiger partial charge in [0.15, 0.2) is 6.10 Å². The number of amides is 1. The van der Waals surface area contributed by atoms with Crippen LogP contribution in [0.4, 0.5) is 5.69 Å². The van der Waals surface area contributed by atoms with Crippen molar-refractivity contribution in [3.8, 4) is 6.07 Å². The van der Waals surface area contributed by atoms with E-state index in [1.807, 2.05) is 6.07 Å². The van der Waals surface area contributed by atoms with Gasteiger partial charge in [-0.1, -0.05) is 12.1 Å². The van der Waals surface area contributed by atoms with Gasteiger partial charge in [0.2, 0.25) is 0 Å². The van der Waals surface area contributed by atoms with Crippen LogP contribution in [0.2, 0.25) is 0 Å². The van der Waals surface area contributed by atoms with Crippen molar-refractivity contribution in [1.29, 1.82) is 5.26 Å². The van der Waals surface area contributed by atoms with Crippen molar-refractivity contribution in [2.75, 3.05) is 11.9 Å². The van der Waals surface area contributed by atoms with Gasteiger partial charge in [-0.3, -0.25) is 4.79 Å². The summed E-state index contributed by atoms with van der Waals surface area (Å²) >= 11 is 0. The second kappa shape index (κ2) is 5.72. The van der Waals surface area contributed by atoms with Crippen LogP contribution in [0.3, 0.4) is 0 Å². The van der Waals surface area contributed by atoms with Gasteiger partial charge in [-0.15, -0.1) is 0 Å². The fraction of sp³-hybridized carbons (Fsp3) is 0.357. The van der Waals surface area contributed by atoms with Gasteiger partial charge < -0.3 is 14.7 Å². The quantitative estimate of drug-likeness (QED) is 0.893. The number of carboxylic acids is 1. The van der Waals surface area contributed by atoms with E-state index in [9.17, 15) is 9.59 Å². The highest BCUT2D eigenvalue weighted by Crippen LogP contribution is 2.25. The number of hydrogen-bond acceptors (Lipinski definition) is 4. The van der Waals surface area contributed by atoms with E-state index in [2.05, 4.69) is 0 Å². The number of aliphatic carboxylic acids is 1. The number of carbonyl (C=O) groups is 2. The van der Waals surface area contributed by atoms with Crippen molar-refractivity contribution in [3.63, 3.8) is 0 Å². The predicted octanol–water partition coefficient (Wildman–Crippen LogP) is 1.15. The summed E-state index contributed by atoms with van der Waals surface area (Å²) in [6.45, 7) is 0. The van der Waals surface area contributed by atoms with Crippen molar-refractivity contribution >= 4 is 17.6 Å². The number of carboxylic acid groups (broad SMARTS) is 1. The molecule has 0 bridgehead atoms. The van der Waals surface area contributed by atoms with Gasteiger partial charge in [-0.25, -0.2) is 4.79 Å². The largest absolute Gasteiger partial charge is 0.479 e. The monoisotopic (exact) mass is 274 g/mol. The molecule has 6 heteroatoms. The molecule has 20 heavy (non-hydrogen) atoms. The Morgan fingerprint density at radius 2 is 2.00 bits per heavy atom. The zero-order valence-corrected chi connectivity index (χ0v) is 10.9. The summed E-state index contributed by atoms with van der Waals surface area (Å²) in [6.07, 6.45) is -1.01. The molecule has 104 valence electrons. The third kappa shape index (κ3) is 2.63. The van der Waals surface area contributed by atoms with Crippen LogP contribution in [0.5, 0.6) is 0 Å². The first kappa shape index (κ1) is 14.0. The summed E-state index contributed by atoms with van der Waals surface area (Å²) in [7, 11) is 1.55. The summed E-state index contributed by atoms with van der Waals surface area (Å²) in [5.74, 6) is -1.39. The number of para-hydroxylation sites is 1. The van der Waals surface area contributed by atoms with Gasteiger partial charge in [-0.2, -0.15) is 5.26 Å². The molecule has 2 rings (SSSR count). The number of ether oxygens (including phenoxy) is 1. The Kier molecular flexibility index (Phi) is 4.01. The standard InChI is InChI=1S/C14H14N2O4/c1-16(10-5-3-2-4-9(10)8-15)13(17)11-6-7-12(20-11)14(18)19/h2-5,11-12H,6-7H2,1H3,(H,18,19)/t11-,12+/m0/s1. The van der Waals surface area contributed by atoms with E-state index in [0.717, 1.165) is 0 Å². The van der Waals surface area contributed by atoms with E-state index in [-0.39, 0.29) is 5.91 Å². The molecule has 1 N–H and O–H groups in total. The highest BCUT2D eigenvalue weighted by atomic mass is 16.5. The number of benzene rings is 1. The molecule has 1 fully saturated rings. The van der Waals surface area contributed by atoms with Crippen LogP contribution in [0.25, 0.3) is 0 Å². The maximum absolute atomic E-state index is 12.3. The van der Waals surface area contributed by atoms with Crippen LogP contribution < -0.4 is 4.90 Å². The molecule has 1 amide bonds. The van der Waals surface area contributed by atoms with Gasteiger partial charge in [0.05, 0.1) is 11.3 Å². The first-order chi connectivity index (χ1) is 9.54. The minimum atomic E-state index is -1.06. The molecule has 0 aliphatic carbocycles. The highest BCUT2D eigenvalue weighted by molar-refractivity contribution is 5.97. The molecule has 0 radical (unpaired) electrons. The van der Waals surface area contributed by atoms with E-state index in [4.69, 9.17) is 15.1 Å². The van der Waals surface area contributed by atoms with E-state index >= 15 is 0 Å². The number of hydrogen-bond donors (Lipinski definition) is 1. The van der Waals surface area contributed by atoms with E-state index in [1.165, 1.54) is 4.90 Å². The van der Waals surface area contributed by atoms with Crippen LogP contribution >= 0.6 is 0 Å². The highest BCUT2D eigenvalue weighted by Gasteiger charge is 2.36. The molecule has 1 heterocycles. The maximum Gasteiger partial charge on any atom is 0.332 e. The van der Waals surface area contributed by atoms with Gasteiger partial charge in [0.25, 0.3) is 5.91 Å². The van der Waals surface area contributed by atoms with Crippen molar-refractivity contribution in [3.05, 3.63) is 29.8 Å². The third-order valence-electron chi connectivity index (χ3n) is 3.29. The number of likely N-dealkylation sites (N-methyl/N-ethyl adjacent to an activating group) is 1. The first-order valence-corrected chi connectivity index (χ1v) is 6.19. The lowest BCUT2D eigenvalue weighted by Gasteiger charge is -2.21. The Balaban J connectivity index is 2.14. The Morgan fingerprint density at radius 1 is 1.35 bits per heavy atom. The fourth-order valence-electron chi connectivity index (χ4n) is 2.20. The van der Waals surface area contributed by atoms with Crippen LogP contribution in [0, 0.1) is 11.3 Å². The SMILES string of the molecule is CN(C(=O)[C@@H]1CC[C@H](C(=O)O)O1)c1ccccc1C#N. The Hall–Kier alpha value is -2.39. The number of nitriles is 1.